The number of hydrogen-bond donors (Lipinski definition) is 0. The van der Waals surface area contributed by atoms with Gasteiger partial charge in [-0.3, -0.25) is 0 Å². The van der Waals surface area contributed by atoms with Gasteiger partial charge in [0, 0.05) is 64.3 Å². The number of nitrogens with zero attached hydrogens (tertiary/aromatic N) is 3. The molecule has 1 aromatic heterocycles. The number of aryl methyl sites for hydroxylation is 1. The van der Waals surface area contributed by atoms with Gasteiger partial charge in [0.15, 0.2) is 0 Å². The summed E-state index contributed by atoms with van der Waals surface area (Å²) in [6.07, 6.45) is 0. The first-order valence-corrected chi connectivity index (χ1v) is 11.9. The second kappa shape index (κ2) is 8.69. The molecular weight excluding hydrogens is 426 g/mol. The van der Waals surface area contributed by atoms with Crippen LogP contribution in [0.2, 0.25) is 0 Å². The fourth-order valence-electron chi connectivity index (χ4n) is 4.95. The predicted octanol–water partition coefficient (Wildman–Crippen LogP) is 8.57. The third-order valence-electron chi connectivity index (χ3n) is 6.81. The fraction of sp³-hybridized carbons (Fsp3) is 0.0625. The van der Waals surface area contributed by atoms with E-state index in [0.717, 1.165) is 22.7 Å². The molecule has 0 aliphatic heterocycles. The molecule has 5 aromatic carbocycles. The molecule has 0 spiro atoms. The summed E-state index contributed by atoms with van der Waals surface area (Å²) in [5.41, 5.74) is 8.21. The number of rotatable bonds is 5. The molecule has 6 rings (SSSR count). The van der Waals surface area contributed by atoms with E-state index in [4.69, 9.17) is 0 Å². The predicted molar refractivity (Wildman–Crippen MR) is 150 cm³/mol. The largest absolute Gasteiger partial charge is 0.345 e. The molecule has 0 unspecified atom stereocenters. The Morgan fingerprint density at radius 2 is 0.943 bits per heavy atom. The smallest absolute Gasteiger partial charge is 0.0490 e. The van der Waals surface area contributed by atoms with Crippen LogP contribution in [-0.4, -0.2) is 11.6 Å². The highest BCUT2D eigenvalue weighted by atomic mass is 15.1. The molecule has 35 heavy (non-hydrogen) atoms. The minimum absolute atomic E-state index is 1.13. The standard InChI is InChI=1S/C32H27N3/c1-33(24-11-5-3-6-12-24)25-17-19-27(20-18-25)35(26-13-7-4-8-14-26)28-21-22-32-30(23-28)29-15-9-10-16-31(29)34(32)2/h3-23H,1-2H3. The highest BCUT2D eigenvalue weighted by molar-refractivity contribution is 6.09. The van der Waals surface area contributed by atoms with E-state index in [-0.39, 0.29) is 0 Å². The van der Waals surface area contributed by atoms with E-state index in [1.807, 2.05) is 6.07 Å². The van der Waals surface area contributed by atoms with Crippen molar-refractivity contribution in [2.45, 2.75) is 0 Å². The highest BCUT2D eigenvalue weighted by Crippen LogP contribution is 2.39. The molecule has 0 N–H and O–H groups in total. The van der Waals surface area contributed by atoms with Gasteiger partial charge in [0.1, 0.15) is 0 Å². The van der Waals surface area contributed by atoms with Crippen LogP contribution in [0.5, 0.6) is 0 Å². The van der Waals surface area contributed by atoms with E-state index in [2.05, 4.69) is 150 Å². The first-order chi connectivity index (χ1) is 17.2. The van der Waals surface area contributed by atoms with Crippen LogP contribution >= 0.6 is 0 Å². The Bertz CT molecular complexity index is 1600. The van der Waals surface area contributed by atoms with Crippen molar-refractivity contribution in [1.82, 2.24) is 4.57 Å². The van der Waals surface area contributed by atoms with E-state index >= 15 is 0 Å². The number of hydrogen-bond acceptors (Lipinski definition) is 2. The second-order valence-electron chi connectivity index (χ2n) is 8.86. The summed E-state index contributed by atoms with van der Waals surface area (Å²) >= 11 is 0. The van der Waals surface area contributed by atoms with Crippen molar-refractivity contribution >= 4 is 50.2 Å². The topological polar surface area (TPSA) is 11.4 Å². The first-order valence-electron chi connectivity index (χ1n) is 11.9. The van der Waals surface area contributed by atoms with Crippen molar-refractivity contribution in [3.05, 3.63) is 127 Å². The van der Waals surface area contributed by atoms with Gasteiger partial charge in [-0.05, 0) is 72.8 Å². The van der Waals surface area contributed by atoms with Crippen molar-refractivity contribution in [3.63, 3.8) is 0 Å². The average molecular weight is 454 g/mol. The Morgan fingerprint density at radius 3 is 1.66 bits per heavy atom. The summed E-state index contributed by atoms with van der Waals surface area (Å²) in [6, 6.07) is 45.2. The van der Waals surface area contributed by atoms with Crippen LogP contribution in [-0.2, 0) is 7.05 Å². The van der Waals surface area contributed by atoms with Crippen molar-refractivity contribution in [2.75, 3.05) is 16.8 Å². The van der Waals surface area contributed by atoms with Gasteiger partial charge in [0.2, 0.25) is 0 Å². The van der Waals surface area contributed by atoms with Crippen LogP contribution in [0.25, 0.3) is 21.8 Å². The fourth-order valence-corrected chi connectivity index (χ4v) is 4.95. The van der Waals surface area contributed by atoms with Crippen LogP contribution < -0.4 is 9.80 Å². The Labute approximate surface area is 206 Å². The van der Waals surface area contributed by atoms with Crippen molar-refractivity contribution in [2.24, 2.45) is 7.05 Å². The van der Waals surface area contributed by atoms with Gasteiger partial charge < -0.3 is 14.4 Å². The maximum absolute atomic E-state index is 2.33. The van der Waals surface area contributed by atoms with Gasteiger partial charge in [-0.25, -0.2) is 0 Å². The lowest BCUT2D eigenvalue weighted by atomic mass is 10.1. The van der Waals surface area contributed by atoms with Gasteiger partial charge >= 0.3 is 0 Å². The maximum Gasteiger partial charge on any atom is 0.0490 e. The number of anilines is 5. The highest BCUT2D eigenvalue weighted by Gasteiger charge is 2.16. The van der Waals surface area contributed by atoms with Crippen molar-refractivity contribution in [3.8, 4) is 0 Å². The molecule has 6 aromatic rings. The Hall–Kier alpha value is -4.50. The molecule has 0 aliphatic rings. The van der Waals surface area contributed by atoms with Gasteiger partial charge in [-0.2, -0.15) is 0 Å². The van der Waals surface area contributed by atoms with Gasteiger partial charge in [-0.15, -0.1) is 0 Å². The lowest BCUT2D eigenvalue weighted by Gasteiger charge is -2.27. The Kier molecular flexibility index (Phi) is 5.23. The summed E-state index contributed by atoms with van der Waals surface area (Å²) in [4.78, 5) is 4.53. The number of aromatic nitrogens is 1. The van der Waals surface area contributed by atoms with Gasteiger partial charge in [-0.1, -0.05) is 54.6 Å². The van der Waals surface area contributed by atoms with Gasteiger partial charge in [0.05, 0.1) is 0 Å². The summed E-state index contributed by atoms with van der Waals surface area (Å²) in [5.74, 6) is 0. The summed E-state index contributed by atoms with van der Waals surface area (Å²) in [5, 5.41) is 2.54. The molecule has 0 radical (unpaired) electrons. The summed E-state index contributed by atoms with van der Waals surface area (Å²) < 4.78 is 2.27. The minimum atomic E-state index is 1.13. The number of para-hydroxylation sites is 3. The normalized spacial score (nSPS) is 11.1. The lowest BCUT2D eigenvalue weighted by molar-refractivity contribution is 1.01. The third kappa shape index (κ3) is 3.71. The number of fused-ring (bicyclic) bond motifs is 3. The van der Waals surface area contributed by atoms with E-state index in [0.29, 0.717) is 0 Å². The monoisotopic (exact) mass is 453 g/mol. The molecule has 0 saturated heterocycles. The number of benzene rings is 5. The zero-order valence-corrected chi connectivity index (χ0v) is 20.0. The molecule has 0 saturated carbocycles. The van der Waals surface area contributed by atoms with E-state index < -0.39 is 0 Å². The molecule has 3 heteroatoms. The molecule has 3 nitrogen and oxygen atoms in total. The second-order valence-corrected chi connectivity index (χ2v) is 8.86. The summed E-state index contributed by atoms with van der Waals surface area (Å²) in [7, 11) is 4.25. The molecule has 0 amide bonds. The molecule has 1 heterocycles. The third-order valence-corrected chi connectivity index (χ3v) is 6.81. The summed E-state index contributed by atoms with van der Waals surface area (Å²) in [6.45, 7) is 0. The first kappa shape index (κ1) is 21.1. The van der Waals surface area contributed by atoms with Crippen molar-refractivity contribution < 1.29 is 0 Å². The molecule has 0 atom stereocenters. The van der Waals surface area contributed by atoms with Crippen LogP contribution in [0.4, 0.5) is 28.4 Å². The average Bonchev–Trinajstić information content (AvgIpc) is 3.21. The Morgan fingerprint density at radius 1 is 0.457 bits per heavy atom. The molecule has 0 aliphatic carbocycles. The molecule has 0 fully saturated rings. The Balaban J connectivity index is 1.46. The van der Waals surface area contributed by atoms with E-state index in [9.17, 15) is 0 Å². The van der Waals surface area contributed by atoms with Gasteiger partial charge in [0.25, 0.3) is 0 Å². The quantitative estimate of drug-likeness (QED) is 0.259. The van der Waals surface area contributed by atoms with E-state index in [1.165, 1.54) is 27.5 Å². The van der Waals surface area contributed by atoms with Crippen LogP contribution in [0.1, 0.15) is 0 Å². The zero-order chi connectivity index (χ0) is 23.8. The molecular formula is C32H27N3. The van der Waals surface area contributed by atoms with Crippen LogP contribution in [0.15, 0.2) is 127 Å². The maximum atomic E-state index is 2.33. The van der Waals surface area contributed by atoms with Crippen LogP contribution in [0.3, 0.4) is 0 Å². The van der Waals surface area contributed by atoms with Crippen LogP contribution in [0, 0.1) is 0 Å². The molecule has 170 valence electrons. The van der Waals surface area contributed by atoms with E-state index in [1.54, 1.807) is 0 Å². The zero-order valence-electron chi connectivity index (χ0n) is 20.0. The lowest BCUT2D eigenvalue weighted by Crippen LogP contribution is -2.11. The SMILES string of the molecule is CN(c1ccccc1)c1ccc(N(c2ccccc2)c2ccc3c(c2)c2ccccc2n3C)cc1. The molecule has 0 bridgehead atoms. The minimum Gasteiger partial charge on any atom is -0.345 e. The van der Waals surface area contributed by atoms with Crippen molar-refractivity contribution in [1.29, 1.82) is 0 Å².